The summed E-state index contributed by atoms with van der Waals surface area (Å²) in [6.07, 6.45) is 0. The highest BCUT2D eigenvalue weighted by atomic mass is 19.1. The number of ether oxygens (including phenoxy) is 1. The number of benzene rings is 1. The Morgan fingerprint density at radius 3 is 2.67 bits per heavy atom. The minimum atomic E-state index is -0.248. The molecule has 2 rings (SSSR count). The molecule has 0 atom stereocenters. The lowest BCUT2D eigenvalue weighted by Gasteiger charge is -2.08. The summed E-state index contributed by atoms with van der Waals surface area (Å²) in [5, 5.41) is 0. The highest BCUT2D eigenvalue weighted by Crippen LogP contribution is 2.23. The highest BCUT2D eigenvalue weighted by molar-refractivity contribution is 5.33. The summed E-state index contributed by atoms with van der Waals surface area (Å²) in [6.45, 7) is 4.00. The zero-order chi connectivity index (χ0) is 13.1. The van der Waals surface area contributed by atoms with Crippen LogP contribution in [0.1, 0.15) is 16.8 Å². The molecule has 18 heavy (non-hydrogen) atoms. The van der Waals surface area contributed by atoms with Crippen LogP contribution in [0.25, 0.3) is 0 Å². The molecule has 1 aromatic carbocycles. The second-order valence-electron chi connectivity index (χ2n) is 4.17. The molecule has 0 amide bonds. The zero-order valence-electron chi connectivity index (χ0n) is 10.4. The first kappa shape index (κ1) is 12.5. The number of aryl methyl sites for hydroxylation is 2. The first-order valence-corrected chi connectivity index (χ1v) is 5.70. The Bertz CT molecular complexity index is 570. The summed E-state index contributed by atoms with van der Waals surface area (Å²) in [5.41, 5.74) is 7.93. The van der Waals surface area contributed by atoms with Gasteiger partial charge in [0.15, 0.2) is 0 Å². The molecule has 0 aliphatic carbocycles. The molecule has 3 nitrogen and oxygen atoms in total. The van der Waals surface area contributed by atoms with Crippen molar-refractivity contribution in [2.45, 2.75) is 20.4 Å². The van der Waals surface area contributed by atoms with Gasteiger partial charge in [0.25, 0.3) is 0 Å². The molecule has 0 saturated heterocycles. The Morgan fingerprint density at radius 2 is 2.00 bits per heavy atom. The molecule has 2 N–H and O–H groups in total. The summed E-state index contributed by atoms with van der Waals surface area (Å²) in [5.74, 6) is 0.790. The topological polar surface area (TPSA) is 48.1 Å². The van der Waals surface area contributed by atoms with Crippen LogP contribution in [0.4, 0.5) is 4.39 Å². The summed E-state index contributed by atoms with van der Waals surface area (Å²) in [7, 11) is 0. The average Bonchev–Trinajstić information content (AvgIpc) is 2.33. The van der Waals surface area contributed by atoms with E-state index in [-0.39, 0.29) is 5.82 Å². The van der Waals surface area contributed by atoms with Crippen molar-refractivity contribution >= 4 is 0 Å². The Labute approximate surface area is 105 Å². The number of rotatable bonds is 3. The fraction of sp³-hybridized carbons (Fsp3) is 0.214. The Morgan fingerprint density at radius 1 is 1.22 bits per heavy atom. The third-order valence-corrected chi connectivity index (χ3v) is 2.58. The predicted molar refractivity (Wildman–Crippen MR) is 68.1 cm³/mol. The van der Waals surface area contributed by atoms with Crippen LogP contribution in [-0.4, -0.2) is 4.98 Å². The van der Waals surface area contributed by atoms with E-state index in [0.717, 1.165) is 11.3 Å². The van der Waals surface area contributed by atoms with E-state index >= 15 is 0 Å². The molecular weight excluding hydrogens is 231 g/mol. The largest absolute Gasteiger partial charge is 0.439 e. The number of halogens is 1. The van der Waals surface area contributed by atoms with Crippen molar-refractivity contribution in [3.05, 3.63) is 53.0 Å². The first-order chi connectivity index (χ1) is 8.58. The lowest BCUT2D eigenvalue weighted by atomic mass is 10.2. The normalized spacial score (nSPS) is 10.4. The van der Waals surface area contributed by atoms with Crippen molar-refractivity contribution < 1.29 is 9.13 Å². The van der Waals surface area contributed by atoms with E-state index in [1.807, 2.05) is 13.0 Å². The fourth-order valence-electron chi connectivity index (χ4n) is 1.68. The van der Waals surface area contributed by atoms with Crippen LogP contribution in [0.15, 0.2) is 30.3 Å². The number of nitrogens with zero attached hydrogens (tertiary/aromatic N) is 1. The van der Waals surface area contributed by atoms with E-state index in [4.69, 9.17) is 10.5 Å². The third kappa shape index (κ3) is 2.84. The van der Waals surface area contributed by atoms with E-state index in [1.54, 1.807) is 25.1 Å². The molecule has 2 aromatic rings. The van der Waals surface area contributed by atoms with Crippen LogP contribution in [0.3, 0.4) is 0 Å². The van der Waals surface area contributed by atoms with Crippen molar-refractivity contribution in [2.24, 2.45) is 5.73 Å². The Hall–Kier alpha value is -1.94. The maximum absolute atomic E-state index is 13.1. The van der Waals surface area contributed by atoms with Gasteiger partial charge in [-0.15, -0.1) is 0 Å². The van der Waals surface area contributed by atoms with Gasteiger partial charge in [0.05, 0.1) is 0 Å². The van der Waals surface area contributed by atoms with Crippen LogP contribution in [-0.2, 0) is 6.54 Å². The van der Waals surface area contributed by atoms with Gasteiger partial charge in [0, 0.05) is 18.3 Å². The first-order valence-electron chi connectivity index (χ1n) is 5.70. The monoisotopic (exact) mass is 246 g/mol. The number of hydrogen-bond donors (Lipinski definition) is 1. The lowest BCUT2D eigenvalue weighted by molar-refractivity contribution is 0.458. The number of aromatic nitrogens is 1. The van der Waals surface area contributed by atoms with E-state index in [0.29, 0.717) is 23.7 Å². The summed E-state index contributed by atoms with van der Waals surface area (Å²) < 4.78 is 18.7. The molecule has 0 fully saturated rings. The van der Waals surface area contributed by atoms with Gasteiger partial charge in [-0.3, -0.25) is 0 Å². The fourth-order valence-corrected chi connectivity index (χ4v) is 1.68. The van der Waals surface area contributed by atoms with Crippen molar-refractivity contribution in [2.75, 3.05) is 0 Å². The highest BCUT2D eigenvalue weighted by Gasteiger charge is 2.04. The molecule has 4 heteroatoms. The van der Waals surface area contributed by atoms with Crippen LogP contribution >= 0.6 is 0 Å². The quantitative estimate of drug-likeness (QED) is 0.905. The molecular formula is C14H15FN2O. The molecule has 0 aliphatic heterocycles. The average molecular weight is 246 g/mol. The maximum atomic E-state index is 13.1. The molecule has 1 heterocycles. The predicted octanol–water partition coefficient (Wildman–Crippen LogP) is 3.09. The smallest absolute Gasteiger partial charge is 0.219 e. The van der Waals surface area contributed by atoms with Crippen molar-refractivity contribution in [3.63, 3.8) is 0 Å². The van der Waals surface area contributed by atoms with Crippen LogP contribution in [0, 0.1) is 19.7 Å². The number of nitrogens with two attached hydrogens (primary N) is 1. The molecule has 1 aromatic heterocycles. The van der Waals surface area contributed by atoms with Gasteiger partial charge in [0.2, 0.25) is 5.88 Å². The van der Waals surface area contributed by atoms with Crippen molar-refractivity contribution in [3.8, 4) is 11.6 Å². The van der Waals surface area contributed by atoms with Gasteiger partial charge in [-0.2, -0.15) is 0 Å². The minimum absolute atomic E-state index is 0.248. The second kappa shape index (κ2) is 5.14. The number of hydrogen-bond acceptors (Lipinski definition) is 3. The molecule has 0 bridgehead atoms. The minimum Gasteiger partial charge on any atom is -0.439 e. The van der Waals surface area contributed by atoms with Crippen molar-refractivity contribution in [1.82, 2.24) is 4.98 Å². The Kier molecular flexibility index (Phi) is 3.58. The van der Waals surface area contributed by atoms with Gasteiger partial charge in [0.1, 0.15) is 11.6 Å². The van der Waals surface area contributed by atoms with Crippen LogP contribution in [0.5, 0.6) is 11.6 Å². The lowest BCUT2D eigenvalue weighted by Crippen LogP contribution is -1.99. The van der Waals surface area contributed by atoms with E-state index < -0.39 is 0 Å². The van der Waals surface area contributed by atoms with Crippen LogP contribution in [0.2, 0.25) is 0 Å². The molecule has 0 unspecified atom stereocenters. The zero-order valence-corrected chi connectivity index (χ0v) is 10.4. The Balaban J connectivity index is 2.27. The maximum Gasteiger partial charge on any atom is 0.219 e. The van der Waals surface area contributed by atoms with Gasteiger partial charge in [-0.1, -0.05) is 0 Å². The van der Waals surface area contributed by atoms with E-state index in [9.17, 15) is 4.39 Å². The third-order valence-electron chi connectivity index (χ3n) is 2.58. The van der Waals surface area contributed by atoms with E-state index in [1.165, 1.54) is 6.07 Å². The van der Waals surface area contributed by atoms with Gasteiger partial charge < -0.3 is 10.5 Å². The molecule has 0 radical (unpaired) electrons. The van der Waals surface area contributed by atoms with Gasteiger partial charge in [-0.05, 0) is 49.2 Å². The summed E-state index contributed by atoms with van der Waals surface area (Å²) >= 11 is 0. The van der Waals surface area contributed by atoms with Crippen molar-refractivity contribution in [1.29, 1.82) is 0 Å². The van der Waals surface area contributed by atoms with E-state index in [2.05, 4.69) is 4.98 Å². The number of pyridine rings is 1. The van der Waals surface area contributed by atoms with Gasteiger partial charge in [-0.25, -0.2) is 9.37 Å². The van der Waals surface area contributed by atoms with Crippen LogP contribution < -0.4 is 10.5 Å². The molecule has 0 spiro atoms. The molecule has 94 valence electrons. The van der Waals surface area contributed by atoms with Gasteiger partial charge >= 0.3 is 0 Å². The SMILES string of the molecule is Cc1cc(CN)cc(Oc2ccc(F)c(C)c2)n1. The molecule has 0 saturated carbocycles. The molecule has 0 aliphatic rings. The second-order valence-corrected chi connectivity index (χ2v) is 4.17. The summed E-state index contributed by atoms with van der Waals surface area (Å²) in [6, 6.07) is 8.29. The standard InChI is InChI=1S/C14H15FN2O/c1-9-5-12(3-4-13(9)15)18-14-7-11(8-16)6-10(2)17-14/h3-7H,8,16H2,1-2H3. The summed E-state index contributed by atoms with van der Waals surface area (Å²) in [4.78, 5) is 4.26.